The molecule has 120 valence electrons. The van der Waals surface area contributed by atoms with E-state index in [0.29, 0.717) is 6.61 Å². The Morgan fingerprint density at radius 1 is 1.23 bits per heavy atom. The van der Waals surface area contributed by atoms with E-state index in [1.165, 1.54) is 5.56 Å². The van der Waals surface area contributed by atoms with Crippen LogP contribution in [0.25, 0.3) is 0 Å². The summed E-state index contributed by atoms with van der Waals surface area (Å²) in [7, 11) is 0. The van der Waals surface area contributed by atoms with Crippen LogP contribution in [0.15, 0.2) is 30.3 Å². The largest absolute Gasteiger partial charge is 0.375 e. The number of amides is 1. The third kappa shape index (κ3) is 4.06. The highest BCUT2D eigenvalue weighted by Crippen LogP contribution is 2.15. The Balaban J connectivity index is 1.43. The predicted molar refractivity (Wildman–Crippen MR) is 85.2 cm³/mol. The molecule has 2 heterocycles. The smallest absolute Gasteiger partial charge is 0.228 e. The van der Waals surface area contributed by atoms with Crippen LogP contribution in [0.2, 0.25) is 0 Å². The molecule has 3 rings (SSSR count). The summed E-state index contributed by atoms with van der Waals surface area (Å²) in [6.07, 6.45) is 3.37. The summed E-state index contributed by atoms with van der Waals surface area (Å²) in [5, 5.41) is 0. The van der Waals surface area contributed by atoms with Gasteiger partial charge in [-0.2, -0.15) is 0 Å². The molecule has 22 heavy (non-hydrogen) atoms. The van der Waals surface area contributed by atoms with Crippen molar-refractivity contribution in [2.24, 2.45) is 5.92 Å². The standard InChI is InChI=1S/C17H25N3O2/c21-17(15-11-18-19-12-15)20-9-10-22-16(13-20)8-4-7-14-5-2-1-3-6-14/h1-3,5-6,15-16,18-19H,4,7-13H2. The zero-order valence-electron chi connectivity index (χ0n) is 13.0. The molecule has 1 atom stereocenters. The number of ether oxygens (including phenoxy) is 1. The Hall–Kier alpha value is -1.43. The Kier molecular flexibility index (Phi) is 5.43. The van der Waals surface area contributed by atoms with E-state index in [4.69, 9.17) is 4.74 Å². The van der Waals surface area contributed by atoms with Gasteiger partial charge >= 0.3 is 0 Å². The highest BCUT2D eigenvalue weighted by molar-refractivity contribution is 5.79. The monoisotopic (exact) mass is 303 g/mol. The molecule has 5 nitrogen and oxygen atoms in total. The van der Waals surface area contributed by atoms with E-state index in [9.17, 15) is 4.79 Å². The fraction of sp³-hybridized carbons (Fsp3) is 0.588. The molecule has 5 heteroatoms. The summed E-state index contributed by atoms with van der Waals surface area (Å²) in [4.78, 5) is 14.4. The summed E-state index contributed by atoms with van der Waals surface area (Å²) in [6, 6.07) is 10.5. The van der Waals surface area contributed by atoms with Gasteiger partial charge in [0.15, 0.2) is 0 Å². The van der Waals surface area contributed by atoms with Crippen molar-refractivity contribution in [1.82, 2.24) is 15.8 Å². The number of benzene rings is 1. The molecule has 2 aliphatic rings. The SMILES string of the molecule is O=C(C1CNNC1)N1CCOC(CCCc2ccccc2)C1. The summed E-state index contributed by atoms with van der Waals surface area (Å²) < 4.78 is 5.83. The molecular formula is C17H25N3O2. The molecule has 2 aliphatic heterocycles. The molecule has 0 bridgehead atoms. The molecule has 0 radical (unpaired) electrons. The number of nitrogens with one attached hydrogen (secondary N) is 2. The zero-order chi connectivity index (χ0) is 15.2. The van der Waals surface area contributed by atoms with E-state index in [2.05, 4.69) is 35.1 Å². The maximum absolute atomic E-state index is 12.4. The zero-order valence-corrected chi connectivity index (χ0v) is 13.0. The van der Waals surface area contributed by atoms with E-state index >= 15 is 0 Å². The fourth-order valence-corrected chi connectivity index (χ4v) is 3.17. The molecule has 0 aliphatic carbocycles. The van der Waals surface area contributed by atoms with E-state index in [0.717, 1.165) is 45.4 Å². The Bertz CT molecular complexity index is 474. The van der Waals surface area contributed by atoms with Crippen LogP contribution in [0.5, 0.6) is 0 Å². The van der Waals surface area contributed by atoms with Crippen molar-refractivity contribution in [3.8, 4) is 0 Å². The van der Waals surface area contributed by atoms with Gasteiger partial charge in [-0.1, -0.05) is 30.3 Å². The van der Waals surface area contributed by atoms with Crippen LogP contribution in [0.4, 0.5) is 0 Å². The molecule has 0 spiro atoms. The van der Waals surface area contributed by atoms with E-state index < -0.39 is 0 Å². The van der Waals surface area contributed by atoms with Crippen molar-refractivity contribution in [2.75, 3.05) is 32.8 Å². The van der Waals surface area contributed by atoms with Gasteiger partial charge in [-0.15, -0.1) is 0 Å². The highest BCUT2D eigenvalue weighted by atomic mass is 16.5. The van der Waals surface area contributed by atoms with Crippen molar-refractivity contribution in [2.45, 2.75) is 25.4 Å². The van der Waals surface area contributed by atoms with Crippen LogP contribution in [0.1, 0.15) is 18.4 Å². The molecular weight excluding hydrogens is 278 g/mol. The molecule has 1 aromatic carbocycles. The van der Waals surface area contributed by atoms with Gasteiger partial charge in [-0.05, 0) is 24.8 Å². The first-order valence-electron chi connectivity index (χ1n) is 8.23. The first-order valence-corrected chi connectivity index (χ1v) is 8.23. The van der Waals surface area contributed by atoms with Crippen LogP contribution >= 0.6 is 0 Å². The van der Waals surface area contributed by atoms with Gasteiger partial charge in [0.05, 0.1) is 18.6 Å². The highest BCUT2D eigenvalue weighted by Gasteiger charge is 2.30. The minimum atomic E-state index is 0.0723. The van der Waals surface area contributed by atoms with Crippen molar-refractivity contribution < 1.29 is 9.53 Å². The summed E-state index contributed by atoms with van der Waals surface area (Å²) >= 11 is 0. The van der Waals surface area contributed by atoms with Crippen LogP contribution in [0, 0.1) is 5.92 Å². The number of hydrogen-bond donors (Lipinski definition) is 2. The number of carbonyl (C=O) groups excluding carboxylic acids is 1. The number of rotatable bonds is 5. The second kappa shape index (κ2) is 7.72. The first kappa shape index (κ1) is 15.5. The van der Waals surface area contributed by atoms with Gasteiger partial charge in [0.25, 0.3) is 0 Å². The van der Waals surface area contributed by atoms with Gasteiger partial charge in [-0.25, -0.2) is 0 Å². The number of nitrogens with zero attached hydrogens (tertiary/aromatic N) is 1. The number of morpholine rings is 1. The third-order valence-electron chi connectivity index (χ3n) is 4.46. The van der Waals surface area contributed by atoms with Crippen LogP contribution in [-0.4, -0.2) is 49.7 Å². The van der Waals surface area contributed by atoms with Gasteiger partial charge in [-0.3, -0.25) is 15.6 Å². The Morgan fingerprint density at radius 2 is 2.00 bits per heavy atom. The van der Waals surface area contributed by atoms with Crippen molar-refractivity contribution in [3.63, 3.8) is 0 Å². The molecule has 0 aromatic heterocycles. The summed E-state index contributed by atoms with van der Waals surface area (Å²) in [5.41, 5.74) is 7.42. The third-order valence-corrected chi connectivity index (χ3v) is 4.46. The van der Waals surface area contributed by atoms with Crippen molar-refractivity contribution in [1.29, 1.82) is 0 Å². The molecule has 1 aromatic rings. The number of aryl methyl sites for hydroxylation is 1. The maximum Gasteiger partial charge on any atom is 0.228 e. The summed E-state index contributed by atoms with van der Waals surface area (Å²) in [6.45, 7) is 3.59. The van der Waals surface area contributed by atoms with Crippen LogP contribution in [-0.2, 0) is 16.0 Å². The minimum Gasteiger partial charge on any atom is -0.375 e. The topological polar surface area (TPSA) is 53.6 Å². The normalized spacial score (nSPS) is 22.9. The average molecular weight is 303 g/mol. The minimum absolute atomic E-state index is 0.0723. The Morgan fingerprint density at radius 3 is 2.77 bits per heavy atom. The lowest BCUT2D eigenvalue weighted by Gasteiger charge is -2.34. The predicted octanol–water partition coefficient (Wildman–Crippen LogP) is 0.961. The van der Waals surface area contributed by atoms with Gasteiger partial charge < -0.3 is 9.64 Å². The van der Waals surface area contributed by atoms with E-state index in [-0.39, 0.29) is 17.9 Å². The van der Waals surface area contributed by atoms with E-state index in [1.807, 2.05) is 11.0 Å². The van der Waals surface area contributed by atoms with Gasteiger partial charge in [0.2, 0.25) is 5.91 Å². The molecule has 0 saturated carbocycles. The number of hydrazine groups is 1. The first-order chi connectivity index (χ1) is 10.8. The quantitative estimate of drug-likeness (QED) is 0.851. The van der Waals surface area contributed by atoms with Gasteiger partial charge in [0.1, 0.15) is 0 Å². The fourth-order valence-electron chi connectivity index (χ4n) is 3.17. The van der Waals surface area contributed by atoms with Gasteiger partial charge in [0, 0.05) is 26.2 Å². The molecule has 1 amide bonds. The lowest BCUT2D eigenvalue weighted by atomic mass is 10.0. The average Bonchev–Trinajstić information content (AvgIpc) is 3.10. The molecule has 2 saturated heterocycles. The second-order valence-electron chi connectivity index (χ2n) is 6.11. The van der Waals surface area contributed by atoms with Crippen LogP contribution in [0.3, 0.4) is 0 Å². The number of carbonyl (C=O) groups is 1. The molecule has 1 unspecified atom stereocenters. The van der Waals surface area contributed by atoms with Crippen molar-refractivity contribution in [3.05, 3.63) is 35.9 Å². The van der Waals surface area contributed by atoms with Crippen molar-refractivity contribution >= 4 is 5.91 Å². The van der Waals surface area contributed by atoms with E-state index in [1.54, 1.807) is 0 Å². The second-order valence-corrected chi connectivity index (χ2v) is 6.11. The molecule has 2 N–H and O–H groups in total. The lowest BCUT2D eigenvalue weighted by Crippen LogP contribution is -2.48. The lowest BCUT2D eigenvalue weighted by molar-refractivity contribution is -0.142. The maximum atomic E-state index is 12.4. The Labute approximate surface area is 132 Å². The summed E-state index contributed by atoms with van der Waals surface area (Å²) in [5.74, 6) is 0.330. The number of hydrogen-bond acceptors (Lipinski definition) is 4. The van der Waals surface area contributed by atoms with Crippen LogP contribution < -0.4 is 10.9 Å². The molecule has 2 fully saturated rings.